The summed E-state index contributed by atoms with van der Waals surface area (Å²) in [6.07, 6.45) is 3.17. The Bertz CT molecular complexity index is 222. The lowest BCUT2D eigenvalue weighted by Gasteiger charge is -2.20. The smallest absolute Gasteiger partial charge is 0.221 e. The van der Waals surface area contributed by atoms with Gasteiger partial charge in [0.05, 0.1) is 13.2 Å². The molecule has 100 valence electrons. The molecule has 0 fully saturated rings. The monoisotopic (exact) mass is 242 g/mol. The molecule has 4 nitrogen and oxygen atoms in total. The highest BCUT2D eigenvalue weighted by molar-refractivity contribution is 5.76. The Kier molecular flexibility index (Phi) is 8.72. The molecule has 4 heteroatoms. The molecular formula is C13H26N2O2. The van der Waals surface area contributed by atoms with Gasteiger partial charge in [0.25, 0.3) is 0 Å². The van der Waals surface area contributed by atoms with Gasteiger partial charge in [0, 0.05) is 25.0 Å². The third-order valence-corrected chi connectivity index (χ3v) is 2.04. The van der Waals surface area contributed by atoms with Crippen LogP contribution in [0, 0.1) is 0 Å². The highest BCUT2D eigenvalue weighted by atomic mass is 16.5. The summed E-state index contributed by atoms with van der Waals surface area (Å²) in [4.78, 5) is 11.4. The van der Waals surface area contributed by atoms with Crippen molar-refractivity contribution in [3.05, 3.63) is 12.7 Å². The van der Waals surface area contributed by atoms with E-state index in [0.29, 0.717) is 32.7 Å². The van der Waals surface area contributed by atoms with Crippen LogP contribution in [-0.2, 0) is 9.53 Å². The van der Waals surface area contributed by atoms with Gasteiger partial charge in [-0.25, -0.2) is 0 Å². The Morgan fingerprint density at radius 3 is 2.59 bits per heavy atom. The summed E-state index contributed by atoms with van der Waals surface area (Å²) in [5, 5.41) is 6.08. The maximum absolute atomic E-state index is 11.4. The van der Waals surface area contributed by atoms with Gasteiger partial charge in [-0.1, -0.05) is 6.08 Å². The van der Waals surface area contributed by atoms with Crippen molar-refractivity contribution in [2.45, 2.75) is 39.2 Å². The maximum Gasteiger partial charge on any atom is 0.221 e. The van der Waals surface area contributed by atoms with Crippen LogP contribution < -0.4 is 10.6 Å². The lowest BCUT2D eigenvalue weighted by Crippen LogP contribution is -2.38. The van der Waals surface area contributed by atoms with E-state index in [2.05, 4.69) is 38.0 Å². The van der Waals surface area contributed by atoms with E-state index in [-0.39, 0.29) is 11.4 Å². The average Bonchev–Trinajstić information content (AvgIpc) is 2.21. The second-order valence-electron chi connectivity index (χ2n) is 4.97. The molecule has 0 aromatic carbocycles. The Hall–Kier alpha value is -0.870. The van der Waals surface area contributed by atoms with Crippen LogP contribution in [0.1, 0.15) is 33.6 Å². The topological polar surface area (TPSA) is 50.4 Å². The van der Waals surface area contributed by atoms with Gasteiger partial charge in [0.1, 0.15) is 0 Å². The highest BCUT2D eigenvalue weighted by Crippen LogP contribution is 1.97. The molecule has 0 aliphatic carbocycles. The van der Waals surface area contributed by atoms with Crippen LogP contribution >= 0.6 is 0 Å². The van der Waals surface area contributed by atoms with E-state index in [4.69, 9.17) is 4.74 Å². The summed E-state index contributed by atoms with van der Waals surface area (Å²) in [7, 11) is 0. The van der Waals surface area contributed by atoms with Crippen LogP contribution in [0.15, 0.2) is 12.7 Å². The largest absolute Gasteiger partial charge is 0.379 e. The molecule has 0 rings (SSSR count). The first-order valence-corrected chi connectivity index (χ1v) is 6.16. The standard InChI is InChI=1S/C13H26N2O2/c1-5-6-10-17-11-9-14-12(16)7-8-15-13(2,3)4/h5,15H,1,6-11H2,2-4H3,(H,14,16). The number of carbonyl (C=O) groups excluding carboxylic acids is 1. The zero-order chi connectivity index (χ0) is 13.1. The second-order valence-corrected chi connectivity index (χ2v) is 4.97. The fourth-order valence-electron chi connectivity index (χ4n) is 1.17. The van der Waals surface area contributed by atoms with E-state index < -0.39 is 0 Å². The fraction of sp³-hybridized carbons (Fsp3) is 0.769. The molecule has 0 saturated carbocycles. The van der Waals surface area contributed by atoms with Crippen LogP contribution in [-0.4, -0.2) is 37.7 Å². The maximum atomic E-state index is 11.4. The van der Waals surface area contributed by atoms with Crippen LogP contribution in [0.5, 0.6) is 0 Å². The predicted molar refractivity (Wildman–Crippen MR) is 71.0 cm³/mol. The first-order chi connectivity index (χ1) is 7.95. The van der Waals surface area contributed by atoms with Crippen molar-refractivity contribution in [3.63, 3.8) is 0 Å². The quantitative estimate of drug-likeness (QED) is 0.475. The first kappa shape index (κ1) is 16.1. The van der Waals surface area contributed by atoms with Crippen molar-refractivity contribution in [1.82, 2.24) is 10.6 Å². The molecule has 0 aliphatic rings. The number of hydrogen-bond donors (Lipinski definition) is 2. The molecule has 0 aromatic rings. The Morgan fingerprint density at radius 2 is 2.00 bits per heavy atom. The molecule has 17 heavy (non-hydrogen) atoms. The van der Waals surface area contributed by atoms with Gasteiger partial charge < -0.3 is 15.4 Å². The molecule has 0 saturated heterocycles. The van der Waals surface area contributed by atoms with Gasteiger partial charge in [0.15, 0.2) is 0 Å². The predicted octanol–water partition coefficient (Wildman–Crippen LogP) is 1.47. The third-order valence-electron chi connectivity index (χ3n) is 2.04. The molecule has 0 bridgehead atoms. The molecule has 0 aliphatic heterocycles. The van der Waals surface area contributed by atoms with E-state index in [9.17, 15) is 4.79 Å². The minimum absolute atomic E-state index is 0.0636. The molecule has 2 N–H and O–H groups in total. The van der Waals surface area contributed by atoms with E-state index in [1.165, 1.54) is 0 Å². The molecule has 0 spiro atoms. The van der Waals surface area contributed by atoms with E-state index >= 15 is 0 Å². The summed E-state index contributed by atoms with van der Waals surface area (Å²) in [6.45, 7) is 12.4. The number of hydrogen-bond acceptors (Lipinski definition) is 3. The van der Waals surface area contributed by atoms with Gasteiger partial charge >= 0.3 is 0 Å². The number of amides is 1. The van der Waals surface area contributed by atoms with Gasteiger partial charge in [-0.05, 0) is 27.2 Å². The normalized spacial score (nSPS) is 11.2. The van der Waals surface area contributed by atoms with Crippen molar-refractivity contribution in [3.8, 4) is 0 Å². The average molecular weight is 242 g/mol. The summed E-state index contributed by atoms with van der Waals surface area (Å²) >= 11 is 0. The van der Waals surface area contributed by atoms with Crippen molar-refractivity contribution in [2.75, 3.05) is 26.3 Å². The lowest BCUT2D eigenvalue weighted by atomic mass is 10.1. The van der Waals surface area contributed by atoms with Crippen molar-refractivity contribution < 1.29 is 9.53 Å². The van der Waals surface area contributed by atoms with E-state index in [0.717, 1.165) is 6.42 Å². The fourth-order valence-corrected chi connectivity index (χ4v) is 1.17. The van der Waals surface area contributed by atoms with Crippen LogP contribution in [0.4, 0.5) is 0 Å². The molecular weight excluding hydrogens is 216 g/mol. The van der Waals surface area contributed by atoms with Gasteiger partial charge in [0.2, 0.25) is 5.91 Å². The van der Waals surface area contributed by atoms with Crippen molar-refractivity contribution >= 4 is 5.91 Å². The van der Waals surface area contributed by atoms with E-state index in [1.54, 1.807) is 0 Å². The van der Waals surface area contributed by atoms with Gasteiger partial charge in [-0.2, -0.15) is 0 Å². The zero-order valence-electron chi connectivity index (χ0n) is 11.3. The van der Waals surface area contributed by atoms with Crippen LogP contribution in [0.25, 0.3) is 0 Å². The second kappa shape index (κ2) is 9.19. The SMILES string of the molecule is C=CCCOCCNC(=O)CCNC(C)(C)C. The van der Waals surface area contributed by atoms with Crippen molar-refractivity contribution in [1.29, 1.82) is 0 Å². The minimum atomic E-state index is 0.0636. The number of nitrogens with one attached hydrogen (secondary N) is 2. The van der Waals surface area contributed by atoms with Crippen LogP contribution in [0.3, 0.4) is 0 Å². The van der Waals surface area contributed by atoms with Crippen molar-refractivity contribution in [2.24, 2.45) is 0 Å². The summed E-state index contributed by atoms with van der Waals surface area (Å²) in [5.74, 6) is 0.0640. The lowest BCUT2D eigenvalue weighted by molar-refractivity contribution is -0.121. The highest BCUT2D eigenvalue weighted by Gasteiger charge is 2.09. The molecule has 0 unspecified atom stereocenters. The third kappa shape index (κ3) is 13.1. The zero-order valence-corrected chi connectivity index (χ0v) is 11.3. The summed E-state index contributed by atoms with van der Waals surface area (Å²) in [5.41, 5.74) is 0.0636. The first-order valence-electron chi connectivity index (χ1n) is 6.16. The molecule has 0 radical (unpaired) electrons. The minimum Gasteiger partial charge on any atom is -0.379 e. The number of rotatable bonds is 9. The Morgan fingerprint density at radius 1 is 1.29 bits per heavy atom. The summed E-state index contributed by atoms with van der Waals surface area (Å²) < 4.78 is 5.28. The van der Waals surface area contributed by atoms with E-state index in [1.807, 2.05) is 6.08 Å². The van der Waals surface area contributed by atoms with Crippen LogP contribution in [0.2, 0.25) is 0 Å². The summed E-state index contributed by atoms with van der Waals surface area (Å²) in [6, 6.07) is 0. The molecule has 0 aromatic heterocycles. The Balaban J connectivity index is 3.32. The van der Waals surface area contributed by atoms with Gasteiger partial charge in [-0.3, -0.25) is 4.79 Å². The molecule has 0 atom stereocenters. The molecule has 1 amide bonds. The number of ether oxygens (including phenoxy) is 1. The Labute approximate surface area is 105 Å². The molecule has 0 heterocycles. The number of carbonyl (C=O) groups is 1. The van der Waals surface area contributed by atoms with Gasteiger partial charge in [-0.15, -0.1) is 6.58 Å².